The lowest BCUT2D eigenvalue weighted by atomic mass is 10.5. The molecule has 0 N–H and O–H groups in total. The van der Waals surface area contributed by atoms with Gasteiger partial charge in [0.2, 0.25) is 0 Å². The lowest BCUT2D eigenvalue weighted by molar-refractivity contribution is -0.108. The average Bonchev–Trinajstić information content (AvgIpc) is 2.14. The third-order valence-corrected chi connectivity index (χ3v) is 7.26. The summed E-state index contributed by atoms with van der Waals surface area (Å²) in [6.45, 7) is 7.21. The predicted molar refractivity (Wildman–Crippen MR) is 53.8 cm³/mol. The van der Waals surface area contributed by atoms with Crippen molar-refractivity contribution in [3.8, 4) is 0 Å². The van der Waals surface area contributed by atoms with Crippen molar-refractivity contribution < 1.29 is 9.22 Å². The second-order valence-electron chi connectivity index (χ2n) is 3.05. The number of carbonyl (C=O) groups is 1. The quantitative estimate of drug-likeness (QED) is 0.349. The lowest BCUT2D eigenvalue weighted by Gasteiger charge is -2.27. The summed E-state index contributed by atoms with van der Waals surface area (Å²) in [7, 11) is -1.41. The molecule has 0 rings (SSSR count). The van der Waals surface area contributed by atoms with Gasteiger partial charge in [0, 0.05) is 13.0 Å². The van der Waals surface area contributed by atoms with E-state index in [9.17, 15) is 4.79 Å². The Labute approximate surface area is 76.4 Å². The first-order valence-electron chi connectivity index (χ1n) is 4.82. The summed E-state index contributed by atoms with van der Waals surface area (Å²) in [6, 6.07) is 3.50. The van der Waals surface area contributed by atoms with Crippen molar-refractivity contribution in [1.82, 2.24) is 0 Å². The van der Waals surface area contributed by atoms with Gasteiger partial charge in [0.1, 0.15) is 6.29 Å². The summed E-state index contributed by atoms with van der Waals surface area (Å²) in [6.07, 6.45) is 1.48. The van der Waals surface area contributed by atoms with E-state index in [-0.39, 0.29) is 0 Å². The van der Waals surface area contributed by atoms with E-state index in [2.05, 4.69) is 20.8 Å². The topological polar surface area (TPSA) is 26.3 Å². The van der Waals surface area contributed by atoms with Crippen LogP contribution in [0, 0.1) is 0 Å². The molecule has 0 amide bonds. The first-order valence-corrected chi connectivity index (χ1v) is 7.35. The first-order chi connectivity index (χ1) is 5.74. The highest BCUT2D eigenvalue weighted by molar-refractivity contribution is 6.73. The fraction of sp³-hybridized carbons (Fsp3) is 0.889. The molecule has 3 heteroatoms. The molecule has 0 bridgehead atoms. The van der Waals surface area contributed by atoms with Crippen LogP contribution in [0.25, 0.3) is 0 Å². The zero-order valence-corrected chi connectivity index (χ0v) is 9.43. The molecular formula is C9H20O2Si. The summed E-state index contributed by atoms with van der Waals surface area (Å²) in [5, 5.41) is 0. The van der Waals surface area contributed by atoms with E-state index < -0.39 is 8.32 Å². The molecule has 0 aromatic heterocycles. The van der Waals surface area contributed by atoms with Crippen molar-refractivity contribution in [2.24, 2.45) is 0 Å². The molecule has 0 heterocycles. The Bertz CT molecular complexity index is 113. The van der Waals surface area contributed by atoms with Gasteiger partial charge in [-0.15, -0.1) is 0 Å². The zero-order chi connectivity index (χ0) is 9.45. The van der Waals surface area contributed by atoms with Crippen molar-refractivity contribution >= 4 is 14.6 Å². The molecule has 0 aromatic rings. The molecular weight excluding hydrogens is 168 g/mol. The molecule has 0 fully saturated rings. The summed E-state index contributed by atoms with van der Waals surface area (Å²) in [4.78, 5) is 10.1. The van der Waals surface area contributed by atoms with Gasteiger partial charge in [-0.05, 0) is 18.1 Å². The van der Waals surface area contributed by atoms with Crippen molar-refractivity contribution in [1.29, 1.82) is 0 Å². The van der Waals surface area contributed by atoms with Gasteiger partial charge >= 0.3 is 0 Å². The number of hydrogen-bond donors (Lipinski definition) is 0. The maximum absolute atomic E-state index is 10.1. The molecule has 0 aromatic carbocycles. The second kappa shape index (κ2) is 6.37. The molecule has 0 spiro atoms. The van der Waals surface area contributed by atoms with E-state index in [1.807, 2.05) is 0 Å². The predicted octanol–water partition coefficient (Wildman–Crippen LogP) is 2.60. The van der Waals surface area contributed by atoms with Gasteiger partial charge in [-0.3, -0.25) is 0 Å². The SMILES string of the molecule is CC[Si](CC)(CC)OCCC=O. The number of aldehydes is 1. The minimum Gasteiger partial charge on any atom is -0.416 e. The third kappa shape index (κ3) is 3.50. The fourth-order valence-corrected chi connectivity index (χ4v) is 4.04. The zero-order valence-electron chi connectivity index (χ0n) is 8.43. The Balaban J connectivity index is 3.84. The van der Waals surface area contributed by atoms with Gasteiger partial charge in [-0.25, -0.2) is 0 Å². The van der Waals surface area contributed by atoms with E-state index in [4.69, 9.17) is 4.43 Å². The van der Waals surface area contributed by atoms with E-state index in [1.54, 1.807) is 0 Å². The van der Waals surface area contributed by atoms with E-state index in [0.29, 0.717) is 13.0 Å². The normalized spacial score (nSPS) is 11.6. The van der Waals surface area contributed by atoms with Crippen LogP contribution in [0.5, 0.6) is 0 Å². The van der Waals surface area contributed by atoms with Crippen LogP contribution in [0.1, 0.15) is 27.2 Å². The Hall–Kier alpha value is -0.153. The van der Waals surface area contributed by atoms with E-state index in [1.165, 1.54) is 18.1 Å². The lowest BCUT2D eigenvalue weighted by Crippen LogP contribution is -2.36. The average molecular weight is 188 g/mol. The van der Waals surface area contributed by atoms with Crippen LogP contribution in [-0.2, 0) is 9.22 Å². The van der Waals surface area contributed by atoms with Crippen molar-refractivity contribution in [2.75, 3.05) is 6.61 Å². The van der Waals surface area contributed by atoms with Gasteiger partial charge in [-0.2, -0.15) is 0 Å². The van der Waals surface area contributed by atoms with Crippen LogP contribution < -0.4 is 0 Å². The minimum atomic E-state index is -1.41. The van der Waals surface area contributed by atoms with Crippen LogP contribution in [0.15, 0.2) is 0 Å². The molecule has 0 aliphatic heterocycles. The van der Waals surface area contributed by atoms with Gasteiger partial charge in [0.05, 0.1) is 0 Å². The van der Waals surface area contributed by atoms with Crippen LogP contribution in [0.3, 0.4) is 0 Å². The highest BCUT2D eigenvalue weighted by Crippen LogP contribution is 2.21. The van der Waals surface area contributed by atoms with Crippen molar-refractivity contribution in [3.63, 3.8) is 0 Å². The number of carbonyl (C=O) groups excluding carboxylic acids is 1. The van der Waals surface area contributed by atoms with Gasteiger partial charge in [0.15, 0.2) is 8.32 Å². The van der Waals surface area contributed by atoms with Gasteiger partial charge < -0.3 is 9.22 Å². The molecule has 0 atom stereocenters. The summed E-state index contributed by atoms with van der Waals surface area (Å²) in [5.41, 5.74) is 0. The molecule has 0 saturated heterocycles. The molecule has 12 heavy (non-hydrogen) atoms. The van der Waals surface area contributed by atoms with Crippen LogP contribution >= 0.6 is 0 Å². The summed E-state index contributed by atoms with van der Waals surface area (Å²) in [5.74, 6) is 0. The maximum Gasteiger partial charge on any atom is 0.191 e. The fourth-order valence-electron chi connectivity index (χ4n) is 1.38. The Morgan fingerprint density at radius 1 is 1.17 bits per heavy atom. The smallest absolute Gasteiger partial charge is 0.191 e. The largest absolute Gasteiger partial charge is 0.416 e. The standard InChI is InChI=1S/C9H20O2Si/c1-4-12(5-2,6-3)11-9-7-8-10/h8H,4-7,9H2,1-3H3. The summed E-state index contributed by atoms with van der Waals surface area (Å²) < 4.78 is 5.83. The van der Waals surface area contributed by atoms with E-state index in [0.717, 1.165) is 6.29 Å². The Kier molecular flexibility index (Phi) is 6.29. The molecule has 2 nitrogen and oxygen atoms in total. The second-order valence-corrected chi connectivity index (χ2v) is 7.82. The van der Waals surface area contributed by atoms with Gasteiger partial charge in [0.25, 0.3) is 0 Å². The molecule has 0 unspecified atom stereocenters. The maximum atomic E-state index is 10.1. The van der Waals surface area contributed by atoms with Gasteiger partial charge in [-0.1, -0.05) is 20.8 Å². The van der Waals surface area contributed by atoms with E-state index >= 15 is 0 Å². The molecule has 72 valence electrons. The Morgan fingerprint density at radius 2 is 1.67 bits per heavy atom. The van der Waals surface area contributed by atoms with Crippen molar-refractivity contribution in [2.45, 2.75) is 45.3 Å². The molecule has 0 aliphatic rings. The summed E-state index contributed by atoms with van der Waals surface area (Å²) >= 11 is 0. The first kappa shape index (κ1) is 11.8. The minimum absolute atomic E-state index is 0.550. The van der Waals surface area contributed by atoms with Crippen LogP contribution in [0.2, 0.25) is 18.1 Å². The van der Waals surface area contributed by atoms with Crippen LogP contribution in [-0.4, -0.2) is 21.2 Å². The monoisotopic (exact) mass is 188 g/mol. The van der Waals surface area contributed by atoms with Crippen molar-refractivity contribution in [3.05, 3.63) is 0 Å². The Morgan fingerprint density at radius 3 is 2.00 bits per heavy atom. The third-order valence-electron chi connectivity index (χ3n) is 2.58. The van der Waals surface area contributed by atoms with Crippen LogP contribution in [0.4, 0.5) is 0 Å². The number of hydrogen-bond acceptors (Lipinski definition) is 2. The molecule has 0 radical (unpaired) electrons. The number of rotatable bonds is 7. The molecule has 0 aliphatic carbocycles. The molecule has 0 saturated carbocycles. The highest BCUT2D eigenvalue weighted by Gasteiger charge is 2.27. The highest BCUT2D eigenvalue weighted by atomic mass is 28.4.